The van der Waals surface area contributed by atoms with Gasteiger partial charge < -0.3 is 4.74 Å². The van der Waals surface area contributed by atoms with Crippen LogP contribution < -0.4 is 4.74 Å². The molecule has 146 valence electrons. The number of hydrogen-bond acceptors (Lipinski definition) is 1. The summed E-state index contributed by atoms with van der Waals surface area (Å²) >= 11 is 3.58. The molecule has 1 aliphatic carbocycles. The summed E-state index contributed by atoms with van der Waals surface area (Å²) in [5.41, 5.74) is 5.54. The number of benzene rings is 2. The first kappa shape index (κ1) is 20.5. The Morgan fingerprint density at radius 1 is 0.741 bits per heavy atom. The maximum Gasteiger partial charge on any atom is 0.119 e. The first-order chi connectivity index (χ1) is 13.3. The van der Waals surface area contributed by atoms with Crippen LogP contribution in [0.1, 0.15) is 82.3 Å². The lowest BCUT2D eigenvalue weighted by molar-refractivity contribution is 0.304. The number of rotatable bonds is 12. The number of halogens is 1. The first-order valence-electron chi connectivity index (χ1n) is 10.8. The molecular formula is C25H33BrO. The van der Waals surface area contributed by atoms with Crippen molar-refractivity contribution in [2.24, 2.45) is 0 Å². The van der Waals surface area contributed by atoms with Crippen LogP contribution in [0.3, 0.4) is 0 Å². The van der Waals surface area contributed by atoms with Gasteiger partial charge in [-0.05, 0) is 59.4 Å². The second kappa shape index (κ2) is 10.9. The molecule has 0 fully saturated rings. The largest absolute Gasteiger partial charge is 0.494 e. The molecule has 0 aliphatic heterocycles. The van der Waals surface area contributed by atoms with Crippen LogP contribution in [0.5, 0.6) is 5.75 Å². The van der Waals surface area contributed by atoms with Gasteiger partial charge in [0.1, 0.15) is 5.75 Å². The molecule has 0 atom stereocenters. The minimum Gasteiger partial charge on any atom is -0.494 e. The Morgan fingerprint density at radius 2 is 1.33 bits per heavy atom. The minimum atomic E-state index is 0.841. The van der Waals surface area contributed by atoms with Crippen LogP contribution in [0.15, 0.2) is 40.9 Å². The molecular weight excluding hydrogens is 396 g/mol. The van der Waals surface area contributed by atoms with Crippen LogP contribution in [-0.2, 0) is 6.42 Å². The third kappa shape index (κ3) is 6.10. The summed E-state index contributed by atoms with van der Waals surface area (Å²) in [7, 11) is 0. The molecule has 2 aromatic rings. The Balaban J connectivity index is 1.32. The van der Waals surface area contributed by atoms with E-state index in [1.807, 2.05) is 0 Å². The van der Waals surface area contributed by atoms with Crippen molar-refractivity contribution in [2.45, 2.75) is 77.6 Å². The van der Waals surface area contributed by atoms with Crippen molar-refractivity contribution in [1.82, 2.24) is 0 Å². The molecule has 1 aliphatic rings. The minimum absolute atomic E-state index is 0.841. The molecule has 0 amide bonds. The Labute approximate surface area is 173 Å². The van der Waals surface area contributed by atoms with E-state index in [1.165, 1.54) is 86.5 Å². The second-order valence-electron chi connectivity index (χ2n) is 7.83. The third-order valence-corrected chi connectivity index (χ3v) is 6.07. The topological polar surface area (TPSA) is 9.23 Å². The molecule has 0 spiro atoms. The predicted octanol–water partition coefficient (Wildman–Crippen LogP) is 8.32. The van der Waals surface area contributed by atoms with E-state index >= 15 is 0 Å². The molecule has 1 nitrogen and oxygen atoms in total. The van der Waals surface area contributed by atoms with E-state index in [0.29, 0.717) is 0 Å². The van der Waals surface area contributed by atoms with Gasteiger partial charge in [-0.3, -0.25) is 0 Å². The lowest BCUT2D eigenvalue weighted by Gasteiger charge is -2.08. The fraction of sp³-hybridized carbons (Fsp3) is 0.520. The van der Waals surface area contributed by atoms with Gasteiger partial charge in [0.2, 0.25) is 0 Å². The number of unbranched alkanes of at least 4 members (excludes halogenated alkanes) is 9. The van der Waals surface area contributed by atoms with E-state index in [1.54, 1.807) is 0 Å². The van der Waals surface area contributed by atoms with E-state index in [4.69, 9.17) is 4.74 Å². The first-order valence-corrected chi connectivity index (χ1v) is 11.6. The smallest absolute Gasteiger partial charge is 0.119 e. The van der Waals surface area contributed by atoms with Crippen molar-refractivity contribution in [3.8, 4) is 16.9 Å². The van der Waals surface area contributed by atoms with Gasteiger partial charge in [0, 0.05) is 4.47 Å². The molecule has 0 radical (unpaired) electrons. The van der Waals surface area contributed by atoms with E-state index < -0.39 is 0 Å². The highest BCUT2D eigenvalue weighted by Gasteiger charge is 2.18. The van der Waals surface area contributed by atoms with Gasteiger partial charge in [-0.15, -0.1) is 0 Å². The van der Waals surface area contributed by atoms with Crippen LogP contribution in [0.25, 0.3) is 11.1 Å². The van der Waals surface area contributed by atoms with E-state index in [0.717, 1.165) is 23.2 Å². The van der Waals surface area contributed by atoms with Crippen LogP contribution in [0.2, 0.25) is 0 Å². The summed E-state index contributed by atoms with van der Waals surface area (Å²) in [6.07, 6.45) is 14.6. The zero-order valence-corrected chi connectivity index (χ0v) is 18.3. The van der Waals surface area contributed by atoms with Gasteiger partial charge in [0.25, 0.3) is 0 Å². The van der Waals surface area contributed by atoms with Crippen molar-refractivity contribution in [2.75, 3.05) is 6.61 Å². The summed E-state index contributed by atoms with van der Waals surface area (Å²) < 4.78 is 7.18. The van der Waals surface area contributed by atoms with Gasteiger partial charge in [-0.1, -0.05) is 92.8 Å². The van der Waals surface area contributed by atoms with Gasteiger partial charge in [0.05, 0.1) is 6.61 Å². The zero-order chi connectivity index (χ0) is 18.9. The standard InChI is InChI=1S/C25H33BrO/c1-2-3-4-5-6-7-8-9-10-11-16-27-23-13-15-25-21(19-23)17-20-18-22(26)12-14-24(20)25/h12-15,18-19H,2-11,16-17H2,1H3. The Morgan fingerprint density at radius 3 is 2.04 bits per heavy atom. The summed E-state index contributed by atoms with van der Waals surface area (Å²) in [6.45, 7) is 3.12. The Hall–Kier alpha value is -1.28. The molecule has 0 heterocycles. The molecule has 0 N–H and O–H groups in total. The average molecular weight is 429 g/mol. The van der Waals surface area contributed by atoms with Crippen molar-refractivity contribution in [1.29, 1.82) is 0 Å². The molecule has 0 unspecified atom stereocenters. The lowest BCUT2D eigenvalue weighted by atomic mass is 10.1. The molecule has 0 saturated carbocycles. The molecule has 0 bridgehead atoms. The Kier molecular flexibility index (Phi) is 8.26. The average Bonchev–Trinajstić information content (AvgIpc) is 3.02. The highest BCUT2D eigenvalue weighted by Crippen LogP contribution is 2.39. The summed E-state index contributed by atoms with van der Waals surface area (Å²) in [6, 6.07) is 13.2. The number of ether oxygens (including phenoxy) is 1. The van der Waals surface area contributed by atoms with Crippen LogP contribution in [0.4, 0.5) is 0 Å². The maximum absolute atomic E-state index is 6.02. The highest BCUT2D eigenvalue weighted by molar-refractivity contribution is 9.10. The van der Waals surface area contributed by atoms with E-state index in [2.05, 4.69) is 59.3 Å². The fourth-order valence-electron chi connectivity index (χ4n) is 4.02. The van der Waals surface area contributed by atoms with E-state index in [-0.39, 0.29) is 0 Å². The fourth-order valence-corrected chi connectivity index (χ4v) is 4.43. The predicted molar refractivity (Wildman–Crippen MR) is 120 cm³/mol. The molecule has 0 aromatic heterocycles. The highest BCUT2D eigenvalue weighted by atomic mass is 79.9. The van der Waals surface area contributed by atoms with E-state index in [9.17, 15) is 0 Å². The van der Waals surface area contributed by atoms with Crippen molar-refractivity contribution >= 4 is 15.9 Å². The van der Waals surface area contributed by atoms with Gasteiger partial charge in [-0.2, -0.15) is 0 Å². The summed E-state index contributed by atoms with van der Waals surface area (Å²) in [4.78, 5) is 0. The normalized spacial score (nSPS) is 12.1. The number of fused-ring (bicyclic) bond motifs is 3. The second-order valence-corrected chi connectivity index (χ2v) is 8.74. The van der Waals surface area contributed by atoms with Crippen LogP contribution in [0, 0.1) is 0 Å². The monoisotopic (exact) mass is 428 g/mol. The molecule has 27 heavy (non-hydrogen) atoms. The summed E-state index contributed by atoms with van der Waals surface area (Å²) in [5.74, 6) is 1.02. The van der Waals surface area contributed by atoms with Crippen LogP contribution >= 0.6 is 15.9 Å². The number of hydrogen-bond donors (Lipinski definition) is 0. The molecule has 2 heteroatoms. The lowest BCUT2D eigenvalue weighted by Crippen LogP contribution is -1.98. The van der Waals surface area contributed by atoms with Gasteiger partial charge in [0.15, 0.2) is 0 Å². The van der Waals surface area contributed by atoms with Crippen LogP contribution in [-0.4, -0.2) is 6.61 Å². The van der Waals surface area contributed by atoms with Crippen molar-refractivity contribution < 1.29 is 4.74 Å². The molecule has 0 saturated heterocycles. The Bertz CT molecular complexity index is 722. The van der Waals surface area contributed by atoms with Gasteiger partial charge >= 0.3 is 0 Å². The summed E-state index contributed by atoms with van der Waals surface area (Å²) in [5, 5.41) is 0. The quantitative estimate of drug-likeness (QED) is 0.263. The van der Waals surface area contributed by atoms with Gasteiger partial charge in [-0.25, -0.2) is 0 Å². The SMILES string of the molecule is CCCCCCCCCCCCOc1ccc2c(c1)Cc1cc(Br)ccc1-2. The zero-order valence-electron chi connectivity index (χ0n) is 16.7. The third-order valence-electron chi connectivity index (χ3n) is 5.58. The van der Waals surface area contributed by atoms with Crippen molar-refractivity contribution in [3.05, 3.63) is 52.0 Å². The van der Waals surface area contributed by atoms with Crippen molar-refractivity contribution in [3.63, 3.8) is 0 Å². The molecule has 2 aromatic carbocycles. The maximum atomic E-state index is 6.02. The molecule has 3 rings (SSSR count).